The van der Waals surface area contributed by atoms with Gasteiger partial charge >= 0.3 is 5.97 Å². The first kappa shape index (κ1) is 11.7. The zero-order chi connectivity index (χ0) is 11.3. The summed E-state index contributed by atoms with van der Waals surface area (Å²) in [6.45, 7) is 1.83. The number of carbonyl (C=O) groups excluding carboxylic acids is 1. The van der Waals surface area contributed by atoms with Gasteiger partial charge in [-0.1, -0.05) is 19.1 Å². The second-order valence-electron chi connectivity index (χ2n) is 3.59. The van der Waals surface area contributed by atoms with Gasteiger partial charge in [0, 0.05) is 0 Å². The van der Waals surface area contributed by atoms with Gasteiger partial charge in [0.25, 0.3) is 0 Å². The Morgan fingerprint density at radius 1 is 1.40 bits per heavy atom. The highest BCUT2D eigenvalue weighted by molar-refractivity contribution is 5.71. The van der Waals surface area contributed by atoms with Crippen molar-refractivity contribution in [3.05, 3.63) is 35.6 Å². The molecule has 0 fully saturated rings. The van der Waals surface area contributed by atoms with Gasteiger partial charge in [-0.3, -0.25) is 4.79 Å². The van der Waals surface area contributed by atoms with Crippen molar-refractivity contribution < 1.29 is 13.9 Å². The van der Waals surface area contributed by atoms with Crippen LogP contribution in [-0.2, 0) is 16.0 Å². The lowest BCUT2D eigenvalue weighted by molar-refractivity contribution is -0.145. The van der Waals surface area contributed by atoms with Crippen LogP contribution >= 0.6 is 0 Å². The van der Waals surface area contributed by atoms with Crippen LogP contribution in [0.2, 0.25) is 0 Å². The summed E-state index contributed by atoms with van der Waals surface area (Å²) in [5.41, 5.74) is 1.03. The van der Waals surface area contributed by atoms with Crippen molar-refractivity contribution in [1.82, 2.24) is 0 Å². The zero-order valence-corrected chi connectivity index (χ0v) is 9.00. The summed E-state index contributed by atoms with van der Waals surface area (Å²) in [7, 11) is 1.39. The Hall–Kier alpha value is -1.38. The Labute approximate surface area is 89.1 Å². The van der Waals surface area contributed by atoms with Gasteiger partial charge in [-0.2, -0.15) is 0 Å². The molecule has 0 amide bonds. The Bertz CT molecular complexity index is 319. The summed E-state index contributed by atoms with van der Waals surface area (Å²) in [6, 6.07) is 6.33. The Balaban J connectivity index is 2.43. The van der Waals surface area contributed by atoms with Gasteiger partial charge in [0.1, 0.15) is 5.82 Å². The van der Waals surface area contributed by atoms with E-state index < -0.39 is 0 Å². The maximum Gasteiger partial charge on any atom is 0.308 e. The first-order valence-corrected chi connectivity index (χ1v) is 4.95. The molecular formula is C12H15FO2. The van der Waals surface area contributed by atoms with E-state index in [1.54, 1.807) is 12.1 Å². The number of carbonyl (C=O) groups is 1. The third-order valence-electron chi connectivity index (χ3n) is 2.38. The van der Waals surface area contributed by atoms with Crippen molar-refractivity contribution in [2.75, 3.05) is 7.11 Å². The van der Waals surface area contributed by atoms with E-state index in [2.05, 4.69) is 4.74 Å². The van der Waals surface area contributed by atoms with Crippen LogP contribution in [0.25, 0.3) is 0 Å². The Morgan fingerprint density at radius 2 is 2.00 bits per heavy atom. The predicted octanol–water partition coefficient (Wildman–Crippen LogP) is 2.57. The molecule has 0 aromatic heterocycles. The van der Waals surface area contributed by atoms with Gasteiger partial charge in [0.05, 0.1) is 13.0 Å². The average molecular weight is 210 g/mol. The normalized spacial score (nSPS) is 12.2. The number of rotatable bonds is 4. The topological polar surface area (TPSA) is 26.3 Å². The lowest BCUT2D eigenvalue weighted by Crippen LogP contribution is -2.13. The fraction of sp³-hybridized carbons (Fsp3) is 0.417. The van der Waals surface area contributed by atoms with Crippen molar-refractivity contribution in [3.63, 3.8) is 0 Å². The van der Waals surface area contributed by atoms with Crippen LogP contribution in [0.3, 0.4) is 0 Å². The SMILES string of the molecule is COC(=O)C(C)CCc1ccc(F)cc1. The van der Waals surface area contributed by atoms with Crippen molar-refractivity contribution >= 4 is 5.97 Å². The van der Waals surface area contributed by atoms with Crippen LogP contribution in [0.4, 0.5) is 4.39 Å². The monoisotopic (exact) mass is 210 g/mol. The van der Waals surface area contributed by atoms with E-state index in [4.69, 9.17) is 0 Å². The minimum atomic E-state index is -0.236. The van der Waals surface area contributed by atoms with Crippen LogP contribution in [0.15, 0.2) is 24.3 Å². The molecule has 0 saturated carbocycles. The summed E-state index contributed by atoms with van der Waals surface area (Å²) in [5.74, 6) is -0.545. The highest BCUT2D eigenvalue weighted by Crippen LogP contribution is 2.11. The minimum Gasteiger partial charge on any atom is -0.469 e. The third kappa shape index (κ3) is 3.70. The van der Waals surface area contributed by atoms with Crippen molar-refractivity contribution in [2.45, 2.75) is 19.8 Å². The molecule has 0 N–H and O–H groups in total. The third-order valence-corrected chi connectivity index (χ3v) is 2.38. The van der Waals surface area contributed by atoms with Crippen LogP contribution in [-0.4, -0.2) is 13.1 Å². The fourth-order valence-electron chi connectivity index (χ4n) is 1.35. The van der Waals surface area contributed by atoms with Crippen LogP contribution in [0.5, 0.6) is 0 Å². The fourth-order valence-corrected chi connectivity index (χ4v) is 1.35. The molecule has 0 spiro atoms. The zero-order valence-electron chi connectivity index (χ0n) is 9.00. The van der Waals surface area contributed by atoms with Crippen molar-refractivity contribution in [3.8, 4) is 0 Å². The number of esters is 1. The van der Waals surface area contributed by atoms with Gasteiger partial charge in [-0.15, -0.1) is 0 Å². The molecule has 0 aliphatic heterocycles. The average Bonchev–Trinajstić information content (AvgIpc) is 2.26. The molecule has 1 aromatic carbocycles. The molecule has 15 heavy (non-hydrogen) atoms. The maximum absolute atomic E-state index is 12.6. The molecule has 1 rings (SSSR count). The van der Waals surface area contributed by atoms with E-state index in [0.29, 0.717) is 0 Å². The number of halogens is 1. The highest BCUT2D eigenvalue weighted by atomic mass is 19.1. The van der Waals surface area contributed by atoms with Gasteiger partial charge in [0.2, 0.25) is 0 Å². The van der Waals surface area contributed by atoms with Crippen LogP contribution < -0.4 is 0 Å². The molecular weight excluding hydrogens is 195 g/mol. The van der Waals surface area contributed by atoms with Crippen LogP contribution in [0, 0.1) is 11.7 Å². The van der Waals surface area contributed by atoms with Gasteiger partial charge < -0.3 is 4.74 Å². The van der Waals surface area contributed by atoms with E-state index in [-0.39, 0.29) is 17.7 Å². The van der Waals surface area contributed by atoms with Crippen molar-refractivity contribution in [2.24, 2.45) is 5.92 Å². The van der Waals surface area contributed by atoms with E-state index in [1.807, 2.05) is 6.92 Å². The smallest absolute Gasteiger partial charge is 0.308 e. The Kier molecular flexibility index (Phi) is 4.28. The minimum absolute atomic E-state index is 0.111. The number of ether oxygens (including phenoxy) is 1. The molecule has 1 unspecified atom stereocenters. The molecule has 0 heterocycles. The van der Waals surface area contributed by atoms with Crippen molar-refractivity contribution in [1.29, 1.82) is 0 Å². The summed E-state index contributed by atoms with van der Waals surface area (Å²) < 4.78 is 17.2. The number of methoxy groups -OCH3 is 1. The molecule has 0 aliphatic rings. The standard InChI is InChI=1S/C12H15FO2/c1-9(12(14)15-2)3-4-10-5-7-11(13)8-6-10/h5-9H,3-4H2,1-2H3. The largest absolute Gasteiger partial charge is 0.469 e. The molecule has 3 heteroatoms. The number of benzene rings is 1. The van der Waals surface area contributed by atoms with E-state index >= 15 is 0 Å². The molecule has 1 atom stereocenters. The maximum atomic E-state index is 12.6. The molecule has 0 aliphatic carbocycles. The quantitative estimate of drug-likeness (QED) is 0.714. The Morgan fingerprint density at radius 3 is 2.53 bits per heavy atom. The van der Waals surface area contributed by atoms with Gasteiger partial charge in [-0.25, -0.2) is 4.39 Å². The highest BCUT2D eigenvalue weighted by Gasteiger charge is 2.12. The first-order chi connectivity index (χ1) is 7.13. The molecule has 2 nitrogen and oxygen atoms in total. The summed E-state index contributed by atoms with van der Waals surface area (Å²) in [6.07, 6.45) is 1.48. The lowest BCUT2D eigenvalue weighted by atomic mass is 10.0. The summed E-state index contributed by atoms with van der Waals surface area (Å²) >= 11 is 0. The molecule has 82 valence electrons. The number of hydrogen-bond donors (Lipinski definition) is 0. The number of aryl methyl sites for hydroxylation is 1. The molecule has 1 aromatic rings. The van der Waals surface area contributed by atoms with Gasteiger partial charge in [-0.05, 0) is 30.5 Å². The molecule has 0 bridgehead atoms. The number of hydrogen-bond acceptors (Lipinski definition) is 2. The summed E-state index contributed by atoms with van der Waals surface area (Å²) in [5, 5.41) is 0. The molecule has 0 saturated heterocycles. The van der Waals surface area contributed by atoms with Crippen LogP contribution in [0.1, 0.15) is 18.9 Å². The predicted molar refractivity (Wildman–Crippen MR) is 55.9 cm³/mol. The molecule has 0 radical (unpaired) electrons. The lowest BCUT2D eigenvalue weighted by Gasteiger charge is -2.08. The van der Waals surface area contributed by atoms with E-state index in [1.165, 1.54) is 19.2 Å². The van der Waals surface area contributed by atoms with E-state index in [9.17, 15) is 9.18 Å². The second kappa shape index (κ2) is 5.49. The second-order valence-corrected chi connectivity index (χ2v) is 3.59. The van der Waals surface area contributed by atoms with Gasteiger partial charge in [0.15, 0.2) is 0 Å². The summed E-state index contributed by atoms with van der Waals surface area (Å²) in [4.78, 5) is 11.1. The van der Waals surface area contributed by atoms with E-state index in [0.717, 1.165) is 18.4 Å². The first-order valence-electron chi connectivity index (χ1n) is 4.95.